The lowest BCUT2D eigenvalue weighted by Gasteiger charge is -2.13. The minimum atomic E-state index is -0.528. The van der Waals surface area contributed by atoms with Gasteiger partial charge in [-0.3, -0.25) is 19.6 Å². The van der Waals surface area contributed by atoms with Crippen LogP contribution in [0, 0.1) is 0 Å². The van der Waals surface area contributed by atoms with Gasteiger partial charge in [-0.1, -0.05) is 72.8 Å². The first-order chi connectivity index (χ1) is 24.4. The Balaban J connectivity index is 1.14. The number of aromatic nitrogens is 2. The first-order valence-electron chi connectivity index (χ1n) is 16.1. The van der Waals surface area contributed by atoms with Crippen LogP contribution in [0.25, 0.3) is 17.0 Å². The number of amides is 4. The number of nitrogens with one attached hydrogen (secondary N) is 3. The van der Waals surface area contributed by atoms with Gasteiger partial charge in [0.1, 0.15) is 5.70 Å². The average molecular weight is 661 g/mol. The number of fused-ring (bicyclic) bond motifs is 1. The molecule has 1 fully saturated rings. The molecular weight excluding hydrogens is 628 g/mol. The fourth-order valence-electron chi connectivity index (χ4n) is 5.89. The Hall–Kier alpha value is -6.81. The number of pyridine rings is 1. The van der Waals surface area contributed by atoms with Crippen LogP contribution >= 0.6 is 0 Å². The van der Waals surface area contributed by atoms with Gasteiger partial charge in [-0.05, 0) is 71.7 Å². The molecule has 1 aliphatic rings. The number of aromatic hydroxyl groups is 1. The number of H-pyrrole nitrogens is 1. The standard InChI is InChI=1S/C40H32N6O4/c47-37(43-25-28-8-3-1-4-9-28)30-14-15-33-32(24-30)35(38(48)44-33)36(29-11-5-2-6-12-29)42-21-18-26-10-7-13-31(22-26)46-39(49)34(45-40(46)50)23-27-16-19-41-20-17-27/h1-17,19-20,22-24,44,48H,18,21,25H2,(H,43,47)(H,45,50). The molecule has 6 aromatic rings. The number of hydrogen-bond donors (Lipinski definition) is 4. The molecule has 2 aromatic heterocycles. The number of hydrogen-bond acceptors (Lipinski definition) is 6. The molecule has 50 heavy (non-hydrogen) atoms. The number of nitrogens with zero attached hydrogens (tertiary/aromatic N) is 3. The number of aromatic amines is 1. The second-order valence-corrected chi connectivity index (χ2v) is 11.7. The Morgan fingerprint density at radius 2 is 1.58 bits per heavy atom. The molecule has 4 N–H and O–H groups in total. The van der Waals surface area contributed by atoms with Gasteiger partial charge in [0.05, 0.1) is 17.0 Å². The maximum absolute atomic E-state index is 13.2. The second-order valence-electron chi connectivity index (χ2n) is 11.7. The van der Waals surface area contributed by atoms with E-state index in [4.69, 9.17) is 4.99 Å². The number of carbonyl (C=O) groups excluding carboxylic acids is 3. The molecule has 0 spiro atoms. The highest BCUT2D eigenvalue weighted by atomic mass is 16.3. The SMILES string of the molecule is O=C(NCc1ccccc1)c1ccc2[nH]c(O)c(C(=NCCc3cccc(N4C(=O)NC(=Cc5ccncc5)C4=O)c3)c3ccccc3)c2c1. The maximum Gasteiger partial charge on any atom is 0.333 e. The van der Waals surface area contributed by atoms with Gasteiger partial charge >= 0.3 is 6.03 Å². The summed E-state index contributed by atoms with van der Waals surface area (Å²) in [5.41, 5.74) is 6.20. The first kappa shape index (κ1) is 31.8. The predicted octanol–water partition coefficient (Wildman–Crippen LogP) is 6.38. The van der Waals surface area contributed by atoms with Crippen LogP contribution in [0.2, 0.25) is 0 Å². The van der Waals surface area contributed by atoms with Crippen LogP contribution in [0.3, 0.4) is 0 Å². The van der Waals surface area contributed by atoms with E-state index in [0.29, 0.717) is 52.9 Å². The van der Waals surface area contributed by atoms with Crippen molar-refractivity contribution in [3.8, 4) is 5.88 Å². The number of imide groups is 1. The highest BCUT2D eigenvalue weighted by Gasteiger charge is 2.35. The molecule has 0 atom stereocenters. The Kier molecular flexibility index (Phi) is 8.97. The molecule has 0 unspecified atom stereocenters. The summed E-state index contributed by atoms with van der Waals surface area (Å²) in [4.78, 5) is 52.3. The van der Waals surface area contributed by atoms with Crippen molar-refractivity contribution in [2.45, 2.75) is 13.0 Å². The largest absolute Gasteiger partial charge is 0.494 e. The molecule has 1 saturated heterocycles. The van der Waals surface area contributed by atoms with E-state index in [2.05, 4.69) is 20.6 Å². The zero-order valence-corrected chi connectivity index (χ0v) is 26.8. The highest BCUT2D eigenvalue weighted by Crippen LogP contribution is 2.31. The lowest BCUT2D eigenvalue weighted by Crippen LogP contribution is -2.30. The van der Waals surface area contributed by atoms with Crippen LogP contribution in [-0.2, 0) is 17.8 Å². The minimum Gasteiger partial charge on any atom is -0.494 e. The van der Waals surface area contributed by atoms with E-state index in [1.807, 2.05) is 66.7 Å². The summed E-state index contributed by atoms with van der Waals surface area (Å²) in [7, 11) is 0. The number of rotatable bonds is 10. The Morgan fingerprint density at radius 3 is 2.36 bits per heavy atom. The van der Waals surface area contributed by atoms with Crippen molar-refractivity contribution in [3.05, 3.63) is 167 Å². The Labute approximate surface area is 287 Å². The molecular formula is C40H32N6O4. The molecule has 246 valence electrons. The van der Waals surface area contributed by atoms with Gasteiger partial charge in [-0.25, -0.2) is 9.69 Å². The van der Waals surface area contributed by atoms with E-state index >= 15 is 0 Å². The van der Waals surface area contributed by atoms with Gasteiger partial charge < -0.3 is 20.7 Å². The highest BCUT2D eigenvalue weighted by molar-refractivity contribution is 6.28. The fraction of sp³-hybridized carbons (Fsp3) is 0.0750. The van der Waals surface area contributed by atoms with E-state index in [1.165, 1.54) is 0 Å². The third-order valence-electron chi connectivity index (χ3n) is 8.36. The molecule has 0 saturated carbocycles. The summed E-state index contributed by atoms with van der Waals surface area (Å²) in [6.45, 7) is 0.728. The molecule has 3 heterocycles. The van der Waals surface area contributed by atoms with Crippen molar-refractivity contribution in [1.29, 1.82) is 0 Å². The van der Waals surface area contributed by atoms with E-state index in [9.17, 15) is 19.5 Å². The van der Waals surface area contributed by atoms with Crippen LogP contribution in [-0.4, -0.2) is 45.2 Å². The molecule has 0 bridgehead atoms. The molecule has 0 radical (unpaired) electrons. The van der Waals surface area contributed by atoms with Crippen molar-refractivity contribution < 1.29 is 19.5 Å². The van der Waals surface area contributed by atoms with Crippen LogP contribution in [0.4, 0.5) is 10.5 Å². The number of benzene rings is 4. The van der Waals surface area contributed by atoms with Crippen molar-refractivity contribution in [2.75, 3.05) is 11.4 Å². The first-order valence-corrected chi connectivity index (χ1v) is 16.1. The van der Waals surface area contributed by atoms with Gasteiger partial charge in [-0.2, -0.15) is 0 Å². The molecule has 1 aliphatic heterocycles. The average Bonchev–Trinajstić information content (AvgIpc) is 3.62. The summed E-state index contributed by atoms with van der Waals surface area (Å²) in [5, 5.41) is 17.5. The number of anilines is 1. The molecule has 10 heteroatoms. The molecule has 7 rings (SSSR count). The lowest BCUT2D eigenvalue weighted by atomic mass is 9.99. The van der Waals surface area contributed by atoms with Crippen molar-refractivity contribution in [2.24, 2.45) is 4.99 Å². The van der Waals surface area contributed by atoms with E-state index in [1.54, 1.807) is 67.0 Å². The fourth-order valence-corrected chi connectivity index (χ4v) is 5.89. The summed E-state index contributed by atoms with van der Waals surface area (Å²) in [6, 6.07) is 34.7. The minimum absolute atomic E-state index is 0.0550. The van der Waals surface area contributed by atoms with Crippen LogP contribution in [0.15, 0.2) is 138 Å². The van der Waals surface area contributed by atoms with Crippen LogP contribution in [0.5, 0.6) is 5.88 Å². The van der Waals surface area contributed by atoms with Gasteiger partial charge in [0.25, 0.3) is 11.8 Å². The van der Waals surface area contributed by atoms with Crippen LogP contribution in [0.1, 0.15) is 38.2 Å². The molecule has 0 aliphatic carbocycles. The van der Waals surface area contributed by atoms with Gasteiger partial charge in [0, 0.05) is 47.5 Å². The van der Waals surface area contributed by atoms with E-state index in [-0.39, 0.29) is 17.5 Å². The summed E-state index contributed by atoms with van der Waals surface area (Å²) in [5.74, 6) is -0.734. The van der Waals surface area contributed by atoms with Crippen LogP contribution < -0.4 is 15.5 Å². The van der Waals surface area contributed by atoms with Gasteiger partial charge in [-0.15, -0.1) is 0 Å². The van der Waals surface area contributed by atoms with E-state index < -0.39 is 11.9 Å². The molecule has 4 aromatic carbocycles. The summed E-state index contributed by atoms with van der Waals surface area (Å²) >= 11 is 0. The predicted molar refractivity (Wildman–Crippen MR) is 193 cm³/mol. The van der Waals surface area contributed by atoms with Gasteiger partial charge in [0.15, 0.2) is 5.88 Å². The second kappa shape index (κ2) is 14.1. The summed E-state index contributed by atoms with van der Waals surface area (Å²) < 4.78 is 0. The number of urea groups is 1. The third-order valence-corrected chi connectivity index (χ3v) is 8.36. The zero-order valence-electron chi connectivity index (χ0n) is 26.8. The topological polar surface area (TPSA) is 140 Å². The van der Waals surface area contributed by atoms with Gasteiger partial charge in [0.2, 0.25) is 0 Å². The zero-order chi connectivity index (χ0) is 34.5. The Morgan fingerprint density at radius 1 is 0.840 bits per heavy atom. The molecule has 4 amide bonds. The quantitative estimate of drug-likeness (QED) is 0.0768. The van der Waals surface area contributed by atoms with Crippen molar-refractivity contribution >= 4 is 46.2 Å². The maximum atomic E-state index is 13.2. The third kappa shape index (κ3) is 6.76. The van der Waals surface area contributed by atoms with Crippen molar-refractivity contribution in [1.82, 2.24) is 20.6 Å². The summed E-state index contributed by atoms with van der Waals surface area (Å²) in [6.07, 6.45) is 5.34. The smallest absolute Gasteiger partial charge is 0.333 e. The number of aliphatic imine (C=N–C) groups is 1. The Bertz CT molecular complexity index is 2260. The normalized spacial score (nSPS) is 14.0. The number of carbonyl (C=O) groups is 3. The lowest BCUT2D eigenvalue weighted by molar-refractivity contribution is -0.113. The monoisotopic (exact) mass is 660 g/mol. The molecule has 10 nitrogen and oxygen atoms in total. The van der Waals surface area contributed by atoms with E-state index in [0.717, 1.165) is 27.2 Å². The van der Waals surface area contributed by atoms with Crippen molar-refractivity contribution in [3.63, 3.8) is 0 Å².